The quantitative estimate of drug-likeness (QED) is 0.448. The second-order valence-corrected chi connectivity index (χ2v) is 2.42. The molecule has 0 saturated heterocycles. The Morgan fingerprint density at radius 3 is 2.00 bits per heavy atom. The Labute approximate surface area is 62.9 Å². The Bertz CT molecular complexity index is 134. The Morgan fingerprint density at radius 1 is 1.27 bits per heavy atom. The fourth-order valence-electron chi connectivity index (χ4n) is 0.503. The molecule has 0 amide bonds. The summed E-state index contributed by atoms with van der Waals surface area (Å²) in [6.45, 7) is 3.39. The molecule has 0 N–H and O–H groups in total. The molecule has 4 heteroatoms. The number of alkyl halides is 4. The lowest BCUT2D eigenvalue weighted by Crippen LogP contribution is -2.37. The van der Waals surface area contributed by atoms with Crippen molar-refractivity contribution in [2.45, 2.75) is 31.6 Å². The molecule has 0 aromatic carbocycles. The van der Waals surface area contributed by atoms with Crippen molar-refractivity contribution < 1.29 is 17.6 Å². The van der Waals surface area contributed by atoms with E-state index in [1.807, 2.05) is 0 Å². The van der Waals surface area contributed by atoms with Crippen molar-refractivity contribution >= 4 is 0 Å². The van der Waals surface area contributed by atoms with Crippen molar-refractivity contribution in [1.29, 1.82) is 0 Å². The second kappa shape index (κ2) is 3.24. The summed E-state index contributed by atoms with van der Waals surface area (Å²) in [5.74, 6) is -7.85. The third-order valence-electron chi connectivity index (χ3n) is 1.30. The SMILES string of the molecule is C=CCCC(F)(F)C(C)(F)F. The summed E-state index contributed by atoms with van der Waals surface area (Å²) in [5.41, 5.74) is 0. The molecular formula is C7H10F4. The minimum absolute atomic E-state index is 0.101. The highest BCUT2D eigenvalue weighted by molar-refractivity contribution is 4.83. The predicted molar refractivity (Wildman–Crippen MR) is 35.0 cm³/mol. The lowest BCUT2D eigenvalue weighted by molar-refractivity contribution is -0.200. The number of hydrogen-bond donors (Lipinski definition) is 0. The highest BCUT2D eigenvalue weighted by Gasteiger charge is 2.50. The molecule has 0 aromatic heterocycles. The first-order valence-electron chi connectivity index (χ1n) is 3.18. The summed E-state index contributed by atoms with van der Waals surface area (Å²) < 4.78 is 48.7. The van der Waals surface area contributed by atoms with Crippen LogP contribution in [0.3, 0.4) is 0 Å². The molecule has 0 unspecified atom stereocenters. The maximum Gasteiger partial charge on any atom is 0.310 e. The van der Waals surface area contributed by atoms with Crippen LogP contribution >= 0.6 is 0 Å². The molecule has 11 heavy (non-hydrogen) atoms. The topological polar surface area (TPSA) is 0 Å². The minimum Gasteiger partial charge on any atom is -0.200 e. The summed E-state index contributed by atoms with van der Waals surface area (Å²) >= 11 is 0. The number of rotatable bonds is 4. The molecule has 0 nitrogen and oxygen atoms in total. The fraction of sp³-hybridized carbons (Fsp3) is 0.714. The lowest BCUT2D eigenvalue weighted by atomic mass is 10.1. The van der Waals surface area contributed by atoms with Gasteiger partial charge in [0.1, 0.15) is 0 Å². The van der Waals surface area contributed by atoms with Crippen LogP contribution < -0.4 is 0 Å². The largest absolute Gasteiger partial charge is 0.310 e. The van der Waals surface area contributed by atoms with Gasteiger partial charge in [0.05, 0.1) is 0 Å². The van der Waals surface area contributed by atoms with Crippen LogP contribution in [0.25, 0.3) is 0 Å². The van der Waals surface area contributed by atoms with Crippen molar-refractivity contribution in [2.24, 2.45) is 0 Å². The fourth-order valence-corrected chi connectivity index (χ4v) is 0.503. The van der Waals surface area contributed by atoms with Gasteiger partial charge >= 0.3 is 11.8 Å². The van der Waals surface area contributed by atoms with E-state index in [-0.39, 0.29) is 13.3 Å². The van der Waals surface area contributed by atoms with Gasteiger partial charge in [-0.05, 0) is 6.42 Å². The van der Waals surface area contributed by atoms with E-state index in [1.165, 1.54) is 6.08 Å². The zero-order valence-electron chi connectivity index (χ0n) is 6.21. The van der Waals surface area contributed by atoms with Crippen LogP contribution in [0.15, 0.2) is 12.7 Å². The van der Waals surface area contributed by atoms with Crippen LogP contribution in [-0.4, -0.2) is 11.8 Å². The first-order chi connectivity index (χ1) is 4.81. The first-order valence-corrected chi connectivity index (χ1v) is 3.18. The molecule has 0 rings (SSSR count). The van der Waals surface area contributed by atoms with Crippen LogP contribution in [0.1, 0.15) is 19.8 Å². The molecule has 0 fully saturated rings. The van der Waals surface area contributed by atoms with Crippen molar-refractivity contribution in [2.75, 3.05) is 0 Å². The van der Waals surface area contributed by atoms with Crippen LogP contribution in [-0.2, 0) is 0 Å². The Morgan fingerprint density at radius 2 is 1.73 bits per heavy atom. The average molecular weight is 170 g/mol. The molecule has 0 saturated carbocycles. The maximum atomic E-state index is 12.3. The summed E-state index contributed by atoms with van der Waals surface area (Å²) in [5, 5.41) is 0. The Hall–Kier alpha value is -0.540. The molecule has 0 aliphatic carbocycles. The first kappa shape index (κ1) is 10.5. The molecular weight excluding hydrogens is 160 g/mol. The van der Waals surface area contributed by atoms with Gasteiger partial charge in [-0.1, -0.05) is 6.08 Å². The van der Waals surface area contributed by atoms with Gasteiger partial charge in [0.25, 0.3) is 0 Å². The van der Waals surface area contributed by atoms with Crippen molar-refractivity contribution in [3.05, 3.63) is 12.7 Å². The molecule has 0 aliphatic heterocycles. The van der Waals surface area contributed by atoms with Gasteiger partial charge in [-0.15, -0.1) is 6.58 Å². The standard InChI is InChI=1S/C7H10F4/c1-3-4-5-7(10,11)6(2,8)9/h3H,1,4-5H2,2H3. The molecule has 0 atom stereocenters. The van der Waals surface area contributed by atoms with Crippen molar-refractivity contribution in [3.63, 3.8) is 0 Å². The van der Waals surface area contributed by atoms with E-state index in [4.69, 9.17) is 0 Å². The zero-order valence-corrected chi connectivity index (χ0v) is 6.21. The van der Waals surface area contributed by atoms with Gasteiger partial charge in [-0.3, -0.25) is 0 Å². The number of hydrogen-bond acceptors (Lipinski definition) is 0. The molecule has 0 radical (unpaired) electrons. The minimum atomic E-state index is -3.93. The normalized spacial score (nSPS) is 13.2. The van der Waals surface area contributed by atoms with Crippen LogP contribution in [0, 0.1) is 0 Å². The van der Waals surface area contributed by atoms with Crippen molar-refractivity contribution in [3.8, 4) is 0 Å². The number of allylic oxidation sites excluding steroid dienone is 1. The summed E-state index contributed by atoms with van der Waals surface area (Å²) in [6, 6.07) is 0. The molecule has 0 spiro atoms. The van der Waals surface area contributed by atoms with Crippen molar-refractivity contribution in [1.82, 2.24) is 0 Å². The maximum absolute atomic E-state index is 12.3. The van der Waals surface area contributed by atoms with Gasteiger partial charge in [0.15, 0.2) is 0 Å². The van der Waals surface area contributed by atoms with Gasteiger partial charge in [-0.2, -0.15) is 8.78 Å². The van der Waals surface area contributed by atoms with Crippen LogP contribution in [0.2, 0.25) is 0 Å². The molecule has 0 aromatic rings. The van der Waals surface area contributed by atoms with E-state index in [1.54, 1.807) is 0 Å². The zero-order chi connectivity index (χ0) is 9.12. The van der Waals surface area contributed by atoms with E-state index in [0.29, 0.717) is 0 Å². The van der Waals surface area contributed by atoms with Gasteiger partial charge in [0.2, 0.25) is 0 Å². The molecule has 0 aliphatic rings. The molecule has 0 heterocycles. The highest BCUT2D eigenvalue weighted by Crippen LogP contribution is 2.37. The average Bonchev–Trinajstić information content (AvgIpc) is 1.81. The van der Waals surface area contributed by atoms with E-state index >= 15 is 0 Å². The van der Waals surface area contributed by atoms with E-state index in [2.05, 4.69) is 6.58 Å². The summed E-state index contributed by atoms with van der Waals surface area (Å²) in [4.78, 5) is 0. The summed E-state index contributed by atoms with van der Waals surface area (Å²) in [7, 11) is 0. The Balaban J connectivity index is 4.10. The molecule has 66 valence electrons. The Kier molecular flexibility index (Phi) is 3.08. The van der Waals surface area contributed by atoms with Crippen LogP contribution in [0.4, 0.5) is 17.6 Å². The van der Waals surface area contributed by atoms with Gasteiger partial charge in [-0.25, -0.2) is 8.78 Å². The monoisotopic (exact) mass is 170 g/mol. The summed E-state index contributed by atoms with van der Waals surface area (Å²) in [6.07, 6.45) is 0.246. The second-order valence-electron chi connectivity index (χ2n) is 2.42. The highest BCUT2D eigenvalue weighted by atomic mass is 19.3. The van der Waals surface area contributed by atoms with Crippen LogP contribution in [0.5, 0.6) is 0 Å². The third kappa shape index (κ3) is 2.91. The van der Waals surface area contributed by atoms with Gasteiger partial charge < -0.3 is 0 Å². The van der Waals surface area contributed by atoms with Gasteiger partial charge in [0, 0.05) is 13.3 Å². The third-order valence-corrected chi connectivity index (χ3v) is 1.30. The smallest absolute Gasteiger partial charge is 0.200 e. The number of halogens is 4. The van der Waals surface area contributed by atoms with E-state index in [0.717, 1.165) is 0 Å². The predicted octanol–water partition coefficient (Wildman–Crippen LogP) is 3.24. The van der Waals surface area contributed by atoms with E-state index < -0.39 is 18.3 Å². The van der Waals surface area contributed by atoms with E-state index in [9.17, 15) is 17.6 Å². The molecule has 0 bridgehead atoms. The lowest BCUT2D eigenvalue weighted by Gasteiger charge is -2.22.